The molecule has 6 nitrogen and oxygen atoms in total. The molecule has 0 atom stereocenters. The van der Waals surface area contributed by atoms with Crippen molar-refractivity contribution in [1.82, 2.24) is 0 Å². The maximum absolute atomic E-state index is 6.32. The minimum Gasteiger partial charge on any atom is -0.440 e. The minimum absolute atomic E-state index is 1.13. The molecule has 22 heavy (non-hydrogen) atoms. The van der Waals surface area contributed by atoms with Gasteiger partial charge in [0.15, 0.2) is 9.04 Å². The molecule has 0 aromatic rings. The van der Waals surface area contributed by atoms with Gasteiger partial charge in [0.2, 0.25) is 0 Å². The third kappa shape index (κ3) is 9.22. The first kappa shape index (κ1) is 22.8. The molecule has 0 saturated carbocycles. The van der Waals surface area contributed by atoms with Crippen LogP contribution in [0.1, 0.15) is 0 Å². The first-order valence-corrected chi connectivity index (χ1v) is 21.0. The zero-order chi connectivity index (χ0) is 17.8. The van der Waals surface area contributed by atoms with E-state index < -0.39 is 43.5 Å². The van der Waals surface area contributed by atoms with E-state index in [1.165, 1.54) is 0 Å². The highest BCUT2D eigenvalue weighted by Crippen LogP contribution is 2.24. The Balaban J connectivity index is 4.87. The SMILES string of the molecule is CO[Si](C)(OC)O[Si](C)(C)O[Si](C)(C)O[Si](C)(C)O[SiH](C)C. The average Bonchev–Trinajstić information content (AvgIpc) is 2.22. The highest BCUT2D eigenvalue weighted by molar-refractivity contribution is 6.87. The van der Waals surface area contributed by atoms with Crippen LogP contribution in [0.4, 0.5) is 0 Å². The first-order chi connectivity index (χ1) is 9.66. The van der Waals surface area contributed by atoms with Gasteiger partial charge in [-0.05, 0) is 52.4 Å². The highest BCUT2D eigenvalue weighted by Gasteiger charge is 2.46. The molecule has 11 heteroatoms. The number of rotatable bonds is 10. The van der Waals surface area contributed by atoms with Gasteiger partial charge in [-0.25, -0.2) is 0 Å². The highest BCUT2D eigenvalue weighted by atomic mass is 28.5. The lowest BCUT2D eigenvalue weighted by Gasteiger charge is -2.40. The summed E-state index contributed by atoms with van der Waals surface area (Å²) in [4.78, 5) is 0. The third-order valence-corrected chi connectivity index (χ3v) is 19.6. The van der Waals surface area contributed by atoms with Gasteiger partial charge in [0.25, 0.3) is 0 Å². The van der Waals surface area contributed by atoms with Gasteiger partial charge in [-0.3, -0.25) is 0 Å². The van der Waals surface area contributed by atoms with Crippen molar-refractivity contribution in [3.63, 3.8) is 0 Å². The van der Waals surface area contributed by atoms with E-state index in [1.807, 2.05) is 32.7 Å². The Kier molecular flexibility index (Phi) is 8.60. The van der Waals surface area contributed by atoms with E-state index in [-0.39, 0.29) is 0 Å². The van der Waals surface area contributed by atoms with Crippen LogP contribution in [0.25, 0.3) is 0 Å². The predicted octanol–water partition coefficient (Wildman–Crippen LogP) is 3.00. The molecule has 0 heterocycles. The number of hydrogen-bond donors (Lipinski definition) is 0. The molecule has 0 bridgehead atoms. The molecule has 0 aromatic carbocycles. The fourth-order valence-corrected chi connectivity index (χ4v) is 22.6. The normalized spacial score (nSPS) is 14.7. The van der Waals surface area contributed by atoms with Crippen LogP contribution in [-0.4, -0.2) is 57.7 Å². The summed E-state index contributed by atoms with van der Waals surface area (Å²) in [5.41, 5.74) is 0. The lowest BCUT2D eigenvalue weighted by Crippen LogP contribution is -2.58. The van der Waals surface area contributed by atoms with Gasteiger partial charge < -0.3 is 25.3 Å². The van der Waals surface area contributed by atoms with Crippen LogP contribution in [0.2, 0.25) is 58.9 Å². The molecule has 0 amide bonds. The molecule has 0 rings (SSSR count). The maximum atomic E-state index is 6.32. The van der Waals surface area contributed by atoms with Crippen molar-refractivity contribution in [1.29, 1.82) is 0 Å². The molecule has 0 spiro atoms. The van der Waals surface area contributed by atoms with E-state index in [1.54, 1.807) is 14.2 Å². The van der Waals surface area contributed by atoms with Crippen LogP contribution < -0.4 is 0 Å². The summed E-state index contributed by atoms with van der Waals surface area (Å²) in [5, 5.41) is 0. The van der Waals surface area contributed by atoms with E-state index in [4.69, 9.17) is 25.3 Å². The topological polar surface area (TPSA) is 55.4 Å². The zero-order valence-electron chi connectivity index (χ0n) is 16.0. The fourth-order valence-electron chi connectivity index (χ4n) is 2.43. The van der Waals surface area contributed by atoms with E-state index in [2.05, 4.69) is 26.2 Å². The lowest BCUT2D eigenvalue weighted by molar-refractivity contribution is 0.150. The summed E-state index contributed by atoms with van der Waals surface area (Å²) in [7, 11) is -7.50. The minimum atomic E-state index is -2.63. The molecule has 0 aliphatic heterocycles. The summed E-state index contributed by atoms with van der Waals surface area (Å²) in [6.07, 6.45) is 0. The summed E-state index contributed by atoms with van der Waals surface area (Å²) >= 11 is 0. The van der Waals surface area contributed by atoms with Gasteiger partial charge in [-0.15, -0.1) is 0 Å². The van der Waals surface area contributed by atoms with Gasteiger partial charge >= 0.3 is 34.5 Å². The molecular formula is C11H34O6Si5. The van der Waals surface area contributed by atoms with Crippen LogP contribution in [0, 0.1) is 0 Å². The van der Waals surface area contributed by atoms with Gasteiger partial charge in [0.05, 0.1) is 0 Å². The standard InChI is InChI=1S/C11H34O6Si5/c1-12-22(11,13-2)17-21(9,10)16-20(7,8)15-19(5,6)14-18(3)4/h18H,1-11H3. The largest absolute Gasteiger partial charge is 0.488 e. The molecule has 0 saturated heterocycles. The van der Waals surface area contributed by atoms with Gasteiger partial charge in [0.1, 0.15) is 0 Å². The fraction of sp³-hybridized carbons (Fsp3) is 1.00. The quantitative estimate of drug-likeness (QED) is 0.524. The summed E-state index contributed by atoms with van der Waals surface area (Å²) in [6, 6.07) is 0. The number of hydrogen-bond acceptors (Lipinski definition) is 6. The second kappa shape index (κ2) is 8.29. The van der Waals surface area contributed by atoms with Gasteiger partial charge in [-0.1, -0.05) is 0 Å². The Labute approximate surface area is 142 Å². The van der Waals surface area contributed by atoms with E-state index in [9.17, 15) is 0 Å². The monoisotopic (exact) mass is 402 g/mol. The van der Waals surface area contributed by atoms with Crippen molar-refractivity contribution < 1.29 is 25.3 Å². The first-order valence-electron chi connectivity index (χ1n) is 7.54. The molecule has 0 N–H and O–H groups in total. The predicted molar refractivity (Wildman–Crippen MR) is 101 cm³/mol. The van der Waals surface area contributed by atoms with Crippen LogP contribution in [-0.2, 0) is 25.3 Å². The van der Waals surface area contributed by atoms with Crippen LogP contribution >= 0.6 is 0 Å². The molecule has 0 fully saturated rings. The Hall–Kier alpha value is 0.844. The van der Waals surface area contributed by atoms with Crippen LogP contribution in [0.5, 0.6) is 0 Å². The molecule has 0 aliphatic rings. The summed E-state index contributed by atoms with van der Waals surface area (Å²) < 4.78 is 35.6. The van der Waals surface area contributed by atoms with Crippen molar-refractivity contribution >= 4 is 43.5 Å². The maximum Gasteiger partial charge on any atom is 0.488 e. The van der Waals surface area contributed by atoms with E-state index in [0.29, 0.717) is 0 Å². The van der Waals surface area contributed by atoms with Crippen molar-refractivity contribution in [2.45, 2.75) is 58.9 Å². The second-order valence-electron chi connectivity index (χ2n) is 6.94. The Morgan fingerprint density at radius 3 is 1.32 bits per heavy atom. The van der Waals surface area contributed by atoms with Crippen molar-refractivity contribution in [3.8, 4) is 0 Å². The van der Waals surface area contributed by atoms with Crippen LogP contribution in [0.15, 0.2) is 0 Å². The second-order valence-corrected chi connectivity index (χ2v) is 23.4. The van der Waals surface area contributed by atoms with Crippen molar-refractivity contribution in [3.05, 3.63) is 0 Å². The molecule has 0 unspecified atom stereocenters. The summed E-state index contributed by atoms with van der Waals surface area (Å²) in [5.74, 6) is 0. The van der Waals surface area contributed by atoms with E-state index >= 15 is 0 Å². The van der Waals surface area contributed by atoms with Gasteiger partial charge in [0, 0.05) is 20.8 Å². The summed E-state index contributed by atoms with van der Waals surface area (Å²) in [6.45, 7) is 18.4. The molecule has 0 aromatic heterocycles. The Morgan fingerprint density at radius 2 is 0.955 bits per heavy atom. The molecule has 134 valence electrons. The Morgan fingerprint density at radius 1 is 0.591 bits per heavy atom. The molecule has 0 radical (unpaired) electrons. The average molecular weight is 403 g/mol. The van der Waals surface area contributed by atoms with Crippen molar-refractivity contribution in [2.75, 3.05) is 14.2 Å². The van der Waals surface area contributed by atoms with Crippen LogP contribution in [0.3, 0.4) is 0 Å². The Bertz CT molecular complexity index is 346. The molecular weight excluding hydrogens is 369 g/mol. The van der Waals surface area contributed by atoms with Gasteiger partial charge in [-0.2, -0.15) is 0 Å². The van der Waals surface area contributed by atoms with Crippen molar-refractivity contribution in [2.24, 2.45) is 0 Å². The third-order valence-electron chi connectivity index (χ3n) is 2.68. The smallest absolute Gasteiger partial charge is 0.440 e. The van der Waals surface area contributed by atoms with E-state index in [0.717, 1.165) is 0 Å². The lowest BCUT2D eigenvalue weighted by atomic mass is 11.8. The zero-order valence-corrected chi connectivity index (χ0v) is 21.2. The molecule has 0 aliphatic carbocycles.